The lowest BCUT2D eigenvalue weighted by molar-refractivity contribution is 1.10. The van der Waals surface area contributed by atoms with E-state index in [0.717, 1.165) is 22.4 Å². The highest BCUT2D eigenvalue weighted by molar-refractivity contribution is 9.10. The van der Waals surface area contributed by atoms with Gasteiger partial charge in [0.15, 0.2) is 5.65 Å². The third-order valence-electron chi connectivity index (χ3n) is 3.58. The third-order valence-corrected chi connectivity index (χ3v) is 4.14. The van der Waals surface area contributed by atoms with Crippen molar-refractivity contribution >= 4 is 32.3 Å². The predicted molar refractivity (Wildman–Crippen MR) is 87.4 cm³/mol. The van der Waals surface area contributed by atoms with E-state index in [0.29, 0.717) is 0 Å². The van der Waals surface area contributed by atoms with Crippen LogP contribution in [-0.4, -0.2) is 14.4 Å². The first kappa shape index (κ1) is 12.5. The van der Waals surface area contributed by atoms with Crippen molar-refractivity contribution in [3.63, 3.8) is 0 Å². The summed E-state index contributed by atoms with van der Waals surface area (Å²) in [4.78, 5) is 8.84. The smallest absolute Gasteiger partial charge is 0.170 e. The first-order valence-corrected chi connectivity index (χ1v) is 7.55. The number of nitrogens with zero attached hydrogens (tertiary/aromatic N) is 3. The molecular weight excluding hydrogens is 326 g/mol. The fourth-order valence-electron chi connectivity index (χ4n) is 2.58. The van der Waals surface area contributed by atoms with E-state index in [2.05, 4.69) is 74.6 Å². The largest absolute Gasteiger partial charge is 0.303 e. The second kappa shape index (κ2) is 4.97. The molecule has 4 aromatic rings. The fraction of sp³-hybridized carbons (Fsp3) is 0.0588. The molecule has 0 unspecified atom stereocenters. The molecule has 2 heterocycles. The van der Waals surface area contributed by atoms with Gasteiger partial charge in [0.25, 0.3) is 0 Å². The number of fused-ring (bicyclic) bond motifs is 2. The van der Waals surface area contributed by atoms with Gasteiger partial charge in [0.05, 0.1) is 5.69 Å². The van der Waals surface area contributed by atoms with Crippen molar-refractivity contribution in [2.75, 3.05) is 0 Å². The maximum absolute atomic E-state index is 4.64. The molecule has 0 spiro atoms. The van der Waals surface area contributed by atoms with Gasteiger partial charge in [-0.1, -0.05) is 42.5 Å². The molecule has 3 nitrogen and oxygen atoms in total. The minimum Gasteiger partial charge on any atom is -0.303 e. The van der Waals surface area contributed by atoms with Crippen molar-refractivity contribution in [1.82, 2.24) is 14.4 Å². The second-order valence-corrected chi connectivity index (χ2v) is 5.79. The van der Waals surface area contributed by atoms with Crippen LogP contribution in [0.1, 0.15) is 11.3 Å². The summed E-state index contributed by atoms with van der Waals surface area (Å²) in [5.41, 5.74) is 3.16. The van der Waals surface area contributed by atoms with Crippen molar-refractivity contribution in [2.45, 2.75) is 6.42 Å². The predicted octanol–water partition coefficient (Wildman–Crippen LogP) is 4.24. The number of benzene rings is 2. The molecule has 0 radical (unpaired) electrons. The van der Waals surface area contributed by atoms with Crippen LogP contribution in [0.2, 0.25) is 0 Å². The van der Waals surface area contributed by atoms with Gasteiger partial charge in [-0.2, -0.15) is 0 Å². The Kier molecular flexibility index (Phi) is 2.97. The second-order valence-electron chi connectivity index (χ2n) is 5.04. The molecule has 0 saturated heterocycles. The van der Waals surface area contributed by atoms with E-state index >= 15 is 0 Å². The van der Waals surface area contributed by atoms with Gasteiger partial charge in [-0.3, -0.25) is 0 Å². The van der Waals surface area contributed by atoms with Gasteiger partial charge in [0.1, 0.15) is 4.60 Å². The number of hydrogen-bond donors (Lipinski definition) is 0. The Balaban J connectivity index is 1.73. The van der Waals surface area contributed by atoms with Crippen LogP contribution in [0, 0.1) is 0 Å². The first-order valence-electron chi connectivity index (χ1n) is 6.75. The lowest BCUT2D eigenvalue weighted by Crippen LogP contribution is -1.88. The maximum atomic E-state index is 4.64. The molecule has 0 N–H and O–H groups in total. The number of rotatable bonds is 2. The van der Waals surface area contributed by atoms with Gasteiger partial charge in [-0.25, -0.2) is 9.97 Å². The van der Waals surface area contributed by atoms with Crippen LogP contribution in [0.15, 0.2) is 65.7 Å². The minimum absolute atomic E-state index is 0.773. The van der Waals surface area contributed by atoms with Crippen LogP contribution in [0.5, 0.6) is 0 Å². The van der Waals surface area contributed by atoms with Gasteiger partial charge in [-0.05, 0) is 32.3 Å². The number of aromatic nitrogens is 3. The molecule has 102 valence electrons. The van der Waals surface area contributed by atoms with Crippen LogP contribution in [-0.2, 0) is 6.42 Å². The average molecular weight is 338 g/mol. The Morgan fingerprint density at radius 2 is 1.90 bits per heavy atom. The zero-order valence-electron chi connectivity index (χ0n) is 11.2. The quantitative estimate of drug-likeness (QED) is 0.547. The topological polar surface area (TPSA) is 30.2 Å². The Morgan fingerprint density at radius 3 is 2.76 bits per heavy atom. The van der Waals surface area contributed by atoms with Crippen molar-refractivity contribution in [3.05, 3.63) is 76.9 Å². The van der Waals surface area contributed by atoms with E-state index in [4.69, 9.17) is 0 Å². The van der Waals surface area contributed by atoms with Crippen LogP contribution in [0.3, 0.4) is 0 Å². The lowest BCUT2D eigenvalue weighted by atomic mass is 10.0. The van der Waals surface area contributed by atoms with Crippen molar-refractivity contribution in [2.24, 2.45) is 0 Å². The van der Waals surface area contributed by atoms with Crippen molar-refractivity contribution in [1.29, 1.82) is 0 Å². The first-order chi connectivity index (χ1) is 10.3. The Labute approximate surface area is 130 Å². The maximum Gasteiger partial charge on any atom is 0.170 e. The molecule has 0 saturated carbocycles. The lowest BCUT2D eigenvalue weighted by Gasteiger charge is -2.01. The highest BCUT2D eigenvalue weighted by atomic mass is 79.9. The molecule has 0 aliphatic carbocycles. The van der Waals surface area contributed by atoms with Crippen LogP contribution < -0.4 is 0 Å². The number of imidazole rings is 1. The Morgan fingerprint density at radius 1 is 1.05 bits per heavy atom. The van der Waals surface area contributed by atoms with Crippen LogP contribution in [0.25, 0.3) is 16.4 Å². The van der Waals surface area contributed by atoms with Gasteiger partial charge in [0, 0.05) is 25.0 Å². The third kappa shape index (κ3) is 2.32. The Hall–Kier alpha value is -2.20. The SMILES string of the molecule is Brc1nccn2cc(Cc3ccc4ccccc4c3)nc12. The zero-order valence-corrected chi connectivity index (χ0v) is 12.8. The summed E-state index contributed by atoms with van der Waals surface area (Å²) in [7, 11) is 0. The minimum atomic E-state index is 0.773. The Bertz CT molecular complexity index is 943. The highest BCUT2D eigenvalue weighted by Gasteiger charge is 2.06. The summed E-state index contributed by atoms with van der Waals surface area (Å²) < 4.78 is 2.77. The number of halogens is 1. The van der Waals surface area contributed by atoms with Crippen molar-refractivity contribution < 1.29 is 0 Å². The summed E-state index contributed by atoms with van der Waals surface area (Å²) >= 11 is 3.43. The van der Waals surface area contributed by atoms with Gasteiger partial charge < -0.3 is 4.40 Å². The van der Waals surface area contributed by atoms with E-state index in [1.54, 1.807) is 6.20 Å². The van der Waals surface area contributed by atoms with Crippen LogP contribution in [0.4, 0.5) is 0 Å². The normalized spacial score (nSPS) is 11.3. The summed E-state index contributed by atoms with van der Waals surface area (Å²) in [6.45, 7) is 0. The van der Waals surface area contributed by atoms with Gasteiger partial charge >= 0.3 is 0 Å². The summed E-state index contributed by atoms with van der Waals surface area (Å²) in [6, 6.07) is 15.0. The fourth-order valence-corrected chi connectivity index (χ4v) is 2.99. The molecule has 2 aromatic heterocycles. The molecule has 0 fully saturated rings. The van der Waals surface area contributed by atoms with E-state index < -0.39 is 0 Å². The molecule has 0 aliphatic rings. The molecule has 0 aliphatic heterocycles. The van der Waals surface area contributed by atoms with E-state index in [-0.39, 0.29) is 0 Å². The zero-order chi connectivity index (χ0) is 14.2. The molecule has 4 rings (SSSR count). The molecule has 2 aromatic carbocycles. The number of hydrogen-bond acceptors (Lipinski definition) is 2. The molecule has 0 atom stereocenters. The molecule has 4 heteroatoms. The molecule has 0 bridgehead atoms. The standard InChI is InChI=1S/C17H12BrN3/c18-16-17-20-15(11-21(17)8-7-19-16)10-12-5-6-13-3-1-2-4-14(13)9-12/h1-9,11H,10H2. The monoisotopic (exact) mass is 337 g/mol. The van der Waals surface area contributed by atoms with E-state index in [9.17, 15) is 0 Å². The summed E-state index contributed by atoms with van der Waals surface area (Å²) in [5, 5.41) is 2.53. The van der Waals surface area contributed by atoms with Gasteiger partial charge in [0.2, 0.25) is 0 Å². The molecule has 21 heavy (non-hydrogen) atoms. The summed E-state index contributed by atoms with van der Waals surface area (Å²) in [6.07, 6.45) is 6.55. The molecule has 0 amide bonds. The molecular formula is C17H12BrN3. The van der Waals surface area contributed by atoms with E-state index in [1.807, 2.05) is 10.6 Å². The van der Waals surface area contributed by atoms with E-state index in [1.165, 1.54) is 16.3 Å². The van der Waals surface area contributed by atoms with Gasteiger partial charge in [-0.15, -0.1) is 0 Å². The average Bonchev–Trinajstić information content (AvgIpc) is 2.91. The van der Waals surface area contributed by atoms with Crippen LogP contribution >= 0.6 is 15.9 Å². The van der Waals surface area contributed by atoms with Crippen molar-refractivity contribution in [3.8, 4) is 0 Å². The highest BCUT2D eigenvalue weighted by Crippen LogP contribution is 2.19. The summed E-state index contributed by atoms with van der Waals surface area (Å²) in [5.74, 6) is 0.